The summed E-state index contributed by atoms with van der Waals surface area (Å²) in [4.78, 5) is 12.3. The molecule has 1 saturated carbocycles. The van der Waals surface area contributed by atoms with Gasteiger partial charge < -0.3 is 15.2 Å². The van der Waals surface area contributed by atoms with Crippen LogP contribution in [0.25, 0.3) is 0 Å². The first-order chi connectivity index (χ1) is 8.92. The lowest BCUT2D eigenvalue weighted by Gasteiger charge is -2.38. The minimum Gasteiger partial charge on any atom is -0.461 e. The van der Waals surface area contributed by atoms with Crippen LogP contribution in [-0.4, -0.2) is 30.8 Å². The third-order valence-electron chi connectivity index (χ3n) is 4.68. The fourth-order valence-corrected chi connectivity index (χ4v) is 3.25. The molecule has 1 saturated heterocycles. The number of carbonyl (C=O) groups excluding carboxylic acids is 1. The molecule has 2 rings (SSSR count). The lowest BCUT2D eigenvalue weighted by Crippen LogP contribution is -2.52. The van der Waals surface area contributed by atoms with E-state index in [0.29, 0.717) is 37.4 Å². The molecule has 2 fully saturated rings. The number of rotatable bonds is 3. The average molecular weight is 269 g/mol. The molecule has 0 spiro atoms. The van der Waals surface area contributed by atoms with Crippen LogP contribution in [-0.2, 0) is 14.3 Å². The Kier molecular flexibility index (Phi) is 4.51. The van der Waals surface area contributed by atoms with Crippen molar-refractivity contribution < 1.29 is 14.3 Å². The van der Waals surface area contributed by atoms with Crippen LogP contribution in [0.1, 0.15) is 46.5 Å². The molecule has 0 aromatic carbocycles. The second-order valence-electron chi connectivity index (χ2n) is 6.73. The van der Waals surface area contributed by atoms with Crippen LogP contribution in [0, 0.1) is 17.8 Å². The number of hydrogen-bond acceptors (Lipinski definition) is 4. The minimum atomic E-state index is -0.914. The van der Waals surface area contributed by atoms with Gasteiger partial charge in [-0.05, 0) is 30.6 Å². The molecule has 0 aromatic heterocycles. The van der Waals surface area contributed by atoms with E-state index in [1.165, 1.54) is 6.42 Å². The van der Waals surface area contributed by atoms with Crippen LogP contribution in [0.5, 0.6) is 0 Å². The Morgan fingerprint density at radius 1 is 1.42 bits per heavy atom. The highest BCUT2D eigenvalue weighted by Gasteiger charge is 2.43. The van der Waals surface area contributed by atoms with Crippen molar-refractivity contribution in [2.24, 2.45) is 23.5 Å². The van der Waals surface area contributed by atoms with Crippen molar-refractivity contribution in [1.82, 2.24) is 0 Å². The highest BCUT2D eigenvalue weighted by atomic mass is 16.6. The molecular weight excluding hydrogens is 242 g/mol. The zero-order valence-electron chi connectivity index (χ0n) is 12.4. The van der Waals surface area contributed by atoms with Crippen molar-refractivity contribution in [3.63, 3.8) is 0 Å². The molecule has 2 N–H and O–H groups in total. The molecule has 4 unspecified atom stereocenters. The standard InChI is InChI=1S/C15H27NO3/c1-10(2)12-5-4-11(3)8-13(12)19-14(17)15(16)6-7-18-9-15/h10-13H,4-9,16H2,1-3H3. The lowest BCUT2D eigenvalue weighted by atomic mass is 9.75. The number of nitrogens with two attached hydrogens (primary N) is 1. The second kappa shape index (κ2) is 5.80. The predicted octanol–water partition coefficient (Wildman–Crippen LogP) is 2.11. The van der Waals surface area contributed by atoms with Gasteiger partial charge in [0.1, 0.15) is 11.6 Å². The van der Waals surface area contributed by atoms with Crippen LogP contribution in [0.3, 0.4) is 0 Å². The van der Waals surface area contributed by atoms with Gasteiger partial charge in [-0.15, -0.1) is 0 Å². The third-order valence-corrected chi connectivity index (χ3v) is 4.68. The maximum Gasteiger partial charge on any atom is 0.328 e. The number of esters is 1. The fourth-order valence-electron chi connectivity index (χ4n) is 3.25. The number of ether oxygens (including phenoxy) is 2. The van der Waals surface area contributed by atoms with E-state index >= 15 is 0 Å². The summed E-state index contributed by atoms with van der Waals surface area (Å²) in [6, 6.07) is 0. The topological polar surface area (TPSA) is 61.5 Å². The molecule has 19 heavy (non-hydrogen) atoms. The van der Waals surface area contributed by atoms with E-state index in [4.69, 9.17) is 15.2 Å². The van der Waals surface area contributed by atoms with Crippen molar-refractivity contribution >= 4 is 5.97 Å². The van der Waals surface area contributed by atoms with Crippen LogP contribution in [0.2, 0.25) is 0 Å². The SMILES string of the molecule is CC1CCC(C(C)C)C(OC(=O)C2(N)CCOC2)C1. The Balaban J connectivity index is 2.00. The normalized spacial score (nSPS) is 39.5. The van der Waals surface area contributed by atoms with Crippen molar-refractivity contribution in [2.75, 3.05) is 13.2 Å². The molecule has 2 aliphatic rings. The van der Waals surface area contributed by atoms with Gasteiger partial charge in [-0.2, -0.15) is 0 Å². The lowest BCUT2D eigenvalue weighted by molar-refractivity contribution is -0.162. The maximum atomic E-state index is 12.3. The monoisotopic (exact) mass is 269 g/mol. The van der Waals surface area contributed by atoms with Crippen LogP contribution in [0.15, 0.2) is 0 Å². The summed E-state index contributed by atoms with van der Waals surface area (Å²) in [5.74, 6) is 1.36. The molecule has 4 atom stereocenters. The zero-order valence-corrected chi connectivity index (χ0v) is 12.4. The molecule has 0 amide bonds. The molecule has 0 aromatic rings. The van der Waals surface area contributed by atoms with E-state index in [-0.39, 0.29) is 12.1 Å². The quantitative estimate of drug-likeness (QED) is 0.797. The van der Waals surface area contributed by atoms with Crippen LogP contribution >= 0.6 is 0 Å². The van der Waals surface area contributed by atoms with E-state index in [1.54, 1.807) is 0 Å². The Bertz CT molecular complexity index is 323. The van der Waals surface area contributed by atoms with Crippen molar-refractivity contribution in [3.8, 4) is 0 Å². The third kappa shape index (κ3) is 3.29. The zero-order chi connectivity index (χ0) is 14.0. The van der Waals surface area contributed by atoms with Gasteiger partial charge in [0.25, 0.3) is 0 Å². The van der Waals surface area contributed by atoms with E-state index in [0.717, 1.165) is 12.8 Å². The van der Waals surface area contributed by atoms with Gasteiger partial charge in [-0.1, -0.05) is 27.2 Å². The van der Waals surface area contributed by atoms with E-state index in [9.17, 15) is 4.79 Å². The second-order valence-corrected chi connectivity index (χ2v) is 6.73. The maximum absolute atomic E-state index is 12.3. The van der Waals surface area contributed by atoms with E-state index < -0.39 is 5.54 Å². The summed E-state index contributed by atoms with van der Waals surface area (Å²) in [7, 11) is 0. The molecule has 1 aliphatic heterocycles. The summed E-state index contributed by atoms with van der Waals surface area (Å²) < 4.78 is 11.0. The molecule has 110 valence electrons. The van der Waals surface area contributed by atoms with Gasteiger partial charge in [0.2, 0.25) is 0 Å². The summed E-state index contributed by atoms with van der Waals surface area (Å²) in [5.41, 5.74) is 5.16. The Morgan fingerprint density at radius 3 is 2.74 bits per heavy atom. The molecule has 4 nitrogen and oxygen atoms in total. The van der Waals surface area contributed by atoms with Gasteiger partial charge in [0.05, 0.1) is 6.61 Å². The molecular formula is C15H27NO3. The largest absolute Gasteiger partial charge is 0.461 e. The molecule has 1 heterocycles. The van der Waals surface area contributed by atoms with Gasteiger partial charge in [-0.25, -0.2) is 4.79 Å². The van der Waals surface area contributed by atoms with Gasteiger partial charge in [0.15, 0.2) is 0 Å². The smallest absolute Gasteiger partial charge is 0.328 e. The summed E-state index contributed by atoms with van der Waals surface area (Å²) >= 11 is 0. The Labute approximate surface area is 116 Å². The van der Waals surface area contributed by atoms with E-state index in [2.05, 4.69) is 20.8 Å². The van der Waals surface area contributed by atoms with Gasteiger partial charge >= 0.3 is 5.97 Å². The summed E-state index contributed by atoms with van der Waals surface area (Å²) in [6.07, 6.45) is 3.93. The van der Waals surface area contributed by atoms with Gasteiger partial charge in [-0.3, -0.25) is 0 Å². The molecule has 0 bridgehead atoms. The number of carbonyl (C=O) groups is 1. The fraction of sp³-hybridized carbons (Fsp3) is 0.933. The van der Waals surface area contributed by atoms with Crippen LogP contribution < -0.4 is 5.73 Å². The Hall–Kier alpha value is -0.610. The first kappa shape index (κ1) is 14.8. The van der Waals surface area contributed by atoms with Crippen molar-refractivity contribution in [3.05, 3.63) is 0 Å². The first-order valence-electron chi connectivity index (χ1n) is 7.50. The van der Waals surface area contributed by atoms with Crippen molar-refractivity contribution in [1.29, 1.82) is 0 Å². The first-order valence-corrected chi connectivity index (χ1v) is 7.50. The van der Waals surface area contributed by atoms with Gasteiger partial charge in [0, 0.05) is 13.0 Å². The minimum absolute atomic E-state index is 0.0253. The summed E-state index contributed by atoms with van der Waals surface area (Å²) in [5, 5.41) is 0. The average Bonchev–Trinajstić information content (AvgIpc) is 2.77. The van der Waals surface area contributed by atoms with Crippen LogP contribution in [0.4, 0.5) is 0 Å². The summed E-state index contributed by atoms with van der Waals surface area (Å²) in [6.45, 7) is 7.49. The molecule has 4 heteroatoms. The molecule has 1 aliphatic carbocycles. The Morgan fingerprint density at radius 2 is 2.16 bits per heavy atom. The van der Waals surface area contributed by atoms with Crippen molar-refractivity contribution in [2.45, 2.75) is 58.1 Å². The number of hydrogen-bond donors (Lipinski definition) is 1. The predicted molar refractivity (Wildman–Crippen MR) is 73.6 cm³/mol. The van der Waals surface area contributed by atoms with E-state index in [1.807, 2.05) is 0 Å². The highest BCUT2D eigenvalue weighted by molar-refractivity contribution is 5.81. The molecule has 0 radical (unpaired) electrons. The highest BCUT2D eigenvalue weighted by Crippen LogP contribution is 2.36.